The van der Waals surface area contributed by atoms with Gasteiger partial charge in [0.15, 0.2) is 0 Å². The maximum absolute atomic E-state index is 13.1. The summed E-state index contributed by atoms with van der Waals surface area (Å²) in [6, 6.07) is 13.2. The Morgan fingerprint density at radius 1 is 1.03 bits per heavy atom. The molecule has 2 unspecified atom stereocenters. The molecule has 0 aliphatic carbocycles. The van der Waals surface area contributed by atoms with Gasteiger partial charge >= 0.3 is 6.18 Å². The molecule has 0 radical (unpaired) electrons. The summed E-state index contributed by atoms with van der Waals surface area (Å²) in [5.41, 5.74) is 2.74. The molecule has 0 bridgehead atoms. The van der Waals surface area contributed by atoms with Crippen molar-refractivity contribution in [3.63, 3.8) is 0 Å². The molecule has 1 heterocycles. The third kappa shape index (κ3) is 4.29. The Labute approximate surface area is 171 Å². The molecule has 0 fully saturated rings. The smallest absolute Gasteiger partial charge is 0.346 e. The quantitative estimate of drug-likeness (QED) is 0.749. The third-order valence-corrected chi connectivity index (χ3v) is 4.94. The van der Waals surface area contributed by atoms with Gasteiger partial charge in [0.05, 0.1) is 5.69 Å². The molecule has 2 atom stereocenters. The Bertz CT molecular complexity index is 991. The van der Waals surface area contributed by atoms with Crippen LogP contribution in [0.4, 0.5) is 18.9 Å². The topological polar surface area (TPSA) is 78.5 Å². The van der Waals surface area contributed by atoms with Crippen LogP contribution >= 0.6 is 0 Å². The molecule has 9 heteroatoms. The maximum atomic E-state index is 13.1. The molecule has 0 spiro atoms. The lowest BCUT2D eigenvalue weighted by atomic mass is 9.95. The first kappa shape index (κ1) is 21.4. The number of alkyl halides is 3. The summed E-state index contributed by atoms with van der Waals surface area (Å²) >= 11 is 0. The minimum absolute atomic E-state index is 0.427. The van der Waals surface area contributed by atoms with Gasteiger partial charge in [-0.15, -0.1) is 0 Å². The highest BCUT2D eigenvalue weighted by atomic mass is 19.4. The number of rotatable bonds is 4. The molecule has 3 amide bonds. The Kier molecular flexibility index (Phi) is 5.82. The van der Waals surface area contributed by atoms with E-state index in [0.29, 0.717) is 11.3 Å². The molecule has 2 aromatic carbocycles. The van der Waals surface area contributed by atoms with E-state index in [-0.39, 0.29) is 0 Å². The summed E-state index contributed by atoms with van der Waals surface area (Å²) in [6.45, 7) is -0.348. The lowest BCUT2D eigenvalue weighted by Crippen LogP contribution is -2.46. The molecule has 2 N–H and O–H groups in total. The molecule has 0 saturated heterocycles. The van der Waals surface area contributed by atoms with Crippen LogP contribution in [0.25, 0.3) is 11.1 Å². The highest BCUT2D eigenvalue weighted by Gasteiger charge is 2.35. The van der Waals surface area contributed by atoms with Crippen LogP contribution in [0, 0.1) is 5.92 Å². The van der Waals surface area contributed by atoms with Crippen molar-refractivity contribution in [2.24, 2.45) is 5.92 Å². The number of nitrogens with zero attached hydrogens (tertiary/aromatic N) is 1. The molecule has 2 aromatic rings. The molecule has 3 rings (SSSR count). The van der Waals surface area contributed by atoms with Crippen molar-refractivity contribution in [1.82, 2.24) is 10.6 Å². The van der Waals surface area contributed by atoms with Crippen LogP contribution < -0.4 is 15.5 Å². The van der Waals surface area contributed by atoms with E-state index in [1.54, 1.807) is 42.7 Å². The van der Waals surface area contributed by atoms with E-state index < -0.39 is 42.4 Å². The Hall–Kier alpha value is -3.36. The SMILES string of the molecule is CC(C(=O)NCC(F)(F)F)C(=O)NC1C(=O)N(C)c2ccccc2-c2ccccc21. The molecular formula is C21H20F3N3O3. The number of para-hydroxylation sites is 1. The number of benzene rings is 2. The second-order valence-corrected chi connectivity index (χ2v) is 7.00. The first-order valence-corrected chi connectivity index (χ1v) is 9.21. The fourth-order valence-corrected chi connectivity index (χ4v) is 3.30. The summed E-state index contributed by atoms with van der Waals surface area (Å²) in [5, 5.41) is 4.22. The summed E-state index contributed by atoms with van der Waals surface area (Å²) < 4.78 is 37.0. The molecule has 158 valence electrons. The lowest BCUT2D eigenvalue weighted by molar-refractivity contribution is -0.144. The maximum Gasteiger partial charge on any atom is 0.405 e. The van der Waals surface area contributed by atoms with Gasteiger partial charge in [-0.2, -0.15) is 13.2 Å². The molecule has 1 aliphatic rings. The number of hydrogen-bond donors (Lipinski definition) is 2. The minimum atomic E-state index is -4.59. The molecular weight excluding hydrogens is 399 g/mol. The zero-order chi connectivity index (χ0) is 22.1. The van der Waals surface area contributed by atoms with Crippen molar-refractivity contribution in [2.75, 3.05) is 18.5 Å². The summed E-state index contributed by atoms with van der Waals surface area (Å²) in [7, 11) is 1.58. The Morgan fingerprint density at radius 2 is 1.63 bits per heavy atom. The van der Waals surface area contributed by atoms with Crippen LogP contribution in [0.15, 0.2) is 48.5 Å². The minimum Gasteiger partial charge on any atom is -0.346 e. The van der Waals surface area contributed by atoms with Crippen LogP contribution in [0.2, 0.25) is 0 Å². The predicted molar refractivity (Wildman–Crippen MR) is 104 cm³/mol. The number of amides is 3. The zero-order valence-corrected chi connectivity index (χ0v) is 16.3. The highest BCUT2D eigenvalue weighted by Crippen LogP contribution is 2.39. The van der Waals surface area contributed by atoms with Crippen molar-refractivity contribution in [3.05, 3.63) is 54.1 Å². The van der Waals surface area contributed by atoms with Crippen molar-refractivity contribution < 1.29 is 27.6 Å². The summed E-state index contributed by atoms with van der Waals surface area (Å²) in [4.78, 5) is 39.1. The Morgan fingerprint density at radius 3 is 2.30 bits per heavy atom. The van der Waals surface area contributed by atoms with E-state index in [9.17, 15) is 27.6 Å². The summed E-state index contributed by atoms with van der Waals surface area (Å²) in [6.07, 6.45) is -4.59. The van der Waals surface area contributed by atoms with Crippen LogP contribution in [0.3, 0.4) is 0 Å². The number of halogens is 3. The van der Waals surface area contributed by atoms with Gasteiger partial charge in [-0.3, -0.25) is 14.4 Å². The number of likely N-dealkylation sites (N-methyl/N-ethyl adjacent to an activating group) is 1. The van der Waals surface area contributed by atoms with E-state index in [1.807, 2.05) is 18.2 Å². The summed E-state index contributed by atoms with van der Waals surface area (Å²) in [5.74, 6) is -3.76. The fraction of sp³-hybridized carbons (Fsp3) is 0.286. The van der Waals surface area contributed by atoms with Gasteiger partial charge < -0.3 is 15.5 Å². The average Bonchev–Trinajstić information content (AvgIpc) is 2.81. The molecule has 0 aromatic heterocycles. The van der Waals surface area contributed by atoms with Gasteiger partial charge in [-0.05, 0) is 24.1 Å². The normalized spacial score (nSPS) is 16.8. The van der Waals surface area contributed by atoms with Gasteiger partial charge in [0.25, 0.3) is 5.91 Å². The van der Waals surface area contributed by atoms with Crippen molar-refractivity contribution >= 4 is 23.4 Å². The van der Waals surface area contributed by atoms with Crippen LogP contribution in [-0.2, 0) is 14.4 Å². The number of carbonyl (C=O) groups excluding carboxylic acids is 3. The van der Waals surface area contributed by atoms with E-state index in [0.717, 1.165) is 11.1 Å². The number of anilines is 1. The van der Waals surface area contributed by atoms with Crippen LogP contribution in [-0.4, -0.2) is 37.5 Å². The van der Waals surface area contributed by atoms with E-state index in [2.05, 4.69) is 5.32 Å². The molecule has 30 heavy (non-hydrogen) atoms. The standard InChI is InChI=1S/C21H20F3N3O3/c1-12(18(28)25-11-21(22,23)24)19(29)26-17-15-9-4-3-7-13(15)14-8-5-6-10-16(14)27(2)20(17)30/h3-10,12,17H,11H2,1-2H3,(H,25,28)(H,26,29). The van der Waals surface area contributed by atoms with Gasteiger partial charge in [0, 0.05) is 12.6 Å². The van der Waals surface area contributed by atoms with E-state index in [1.165, 1.54) is 11.8 Å². The highest BCUT2D eigenvalue weighted by molar-refractivity contribution is 6.07. The van der Waals surface area contributed by atoms with Gasteiger partial charge in [0.1, 0.15) is 18.5 Å². The van der Waals surface area contributed by atoms with Crippen molar-refractivity contribution in [1.29, 1.82) is 0 Å². The van der Waals surface area contributed by atoms with E-state index >= 15 is 0 Å². The monoisotopic (exact) mass is 419 g/mol. The van der Waals surface area contributed by atoms with Gasteiger partial charge in [0.2, 0.25) is 11.8 Å². The molecule has 1 aliphatic heterocycles. The molecule has 0 saturated carbocycles. The second kappa shape index (κ2) is 8.17. The molecule has 6 nitrogen and oxygen atoms in total. The van der Waals surface area contributed by atoms with Crippen LogP contribution in [0.1, 0.15) is 18.5 Å². The number of hydrogen-bond acceptors (Lipinski definition) is 3. The van der Waals surface area contributed by atoms with Crippen LogP contribution in [0.5, 0.6) is 0 Å². The first-order chi connectivity index (χ1) is 14.1. The average molecular weight is 419 g/mol. The zero-order valence-electron chi connectivity index (χ0n) is 16.3. The number of carbonyl (C=O) groups is 3. The van der Waals surface area contributed by atoms with Crippen molar-refractivity contribution in [3.8, 4) is 11.1 Å². The largest absolute Gasteiger partial charge is 0.405 e. The van der Waals surface area contributed by atoms with Crippen molar-refractivity contribution in [2.45, 2.75) is 19.1 Å². The lowest BCUT2D eigenvalue weighted by Gasteiger charge is -2.24. The van der Waals surface area contributed by atoms with Gasteiger partial charge in [-0.25, -0.2) is 0 Å². The fourth-order valence-electron chi connectivity index (χ4n) is 3.30. The second-order valence-electron chi connectivity index (χ2n) is 7.00. The number of nitrogens with one attached hydrogen (secondary N) is 2. The number of fused-ring (bicyclic) bond motifs is 3. The third-order valence-electron chi connectivity index (χ3n) is 4.94. The Balaban J connectivity index is 1.88. The van der Waals surface area contributed by atoms with Gasteiger partial charge in [-0.1, -0.05) is 42.5 Å². The first-order valence-electron chi connectivity index (χ1n) is 9.21. The predicted octanol–water partition coefficient (Wildman–Crippen LogP) is 2.80. The van der Waals surface area contributed by atoms with E-state index in [4.69, 9.17) is 0 Å².